The third kappa shape index (κ3) is 5.10. The minimum absolute atomic E-state index is 0.0532. The maximum absolute atomic E-state index is 13.6. The molecule has 6 heteroatoms. The van der Waals surface area contributed by atoms with Crippen LogP contribution in [0.2, 0.25) is 5.02 Å². The summed E-state index contributed by atoms with van der Waals surface area (Å²) in [6.45, 7) is 0.376. The van der Waals surface area contributed by atoms with Gasteiger partial charge in [0.2, 0.25) is 5.91 Å². The van der Waals surface area contributed by atoms with Crippen LogP contribution in [0.5, 0.6) is 0 Å². The molecule has 164 valence electrons. The van der Waals surface area contributed by atoms with Crippen LogP contribution in [0.15, 0.2) is 91.4 Å². The van der Waals surface area contributed by atoms with Gasteiger partial charge in [0.05, 0.1) is 13.0 Å². The molecule has 0 radical (unpaired) electrons. The molecule has 0 aliphatic heterocycles. The summed E-state index contributed by atoms with van der Waals surface area (Å²) < 4.78 is 0. The maximum Gasteiger partial charge on any atom is 0.231 e. The van der Waals surface area contributed by atoms with Crippen LogP contribution < -0.4 is 10.6 Å². The minimum atomic E-state index is -0.0532. The zero-order chi connectivity index (χ0) is 23.2. The lowest BCUT2D eigenvalue weighted by Crippen LogP contribution is -2.31. The fourth-order valence-electron chi connectivity index (χ4n) is 3.78. The Bertz CT molecular complexity index is 1330. The predicted octanol–water partition coefficient (Wildman–Crippen LogP) is 5.61. The van der Waals surface area contributed by atoms with Gasteiger partial charge in [-0.2, -0.15) is 0 Å². The smallest absolute Gasteiger partial charge is 0.231 e. The van der Waals surface area contributed by atoms with Crippen LogP contribution in [-0.2, 0) is 17.8 Å². The minimum Gasteiger partial charge on any atom is -0.404 e. The van der Waals surface area contributed by atoms with Gasteiger partial charge >= 0.3 is 0 Å². The van der Waals surface area contributed by atoms with E-state index in [0.29, 0.717) is 17.1 Å². The lowest BCUT2D eigenvalue weighted by Gasteiger charge is -2.24. The second-order valence-electron chi connectivity index (χ2n) is 7.62. The largest absolute Gasteiger partial charge is 0.404 e. The number of benzene rings is 3. The Morgan fingerprint density at radius 1 is 1.03 bits per heavy atom. The van der Waals surface area contributed by atoms with Crippen LogP contribution in [0.3, 0.4) is 0 Å². The van der Waals surface area contributed by atoms with E-state index in [1.807, 2.05) is 72.8 Å². The van der Waals surface area contributed by atoms with Crippen molar-refractivity contribution in [3.05, 3.63) is 113 Å². The van der Waals surface area contributed by atoms with Crippen LogP contribution in [0.25, 0.3) is 16.3 Å². The van der Waals surface area contributed by atoms with Crippen molar-refractivity contribution in [1.82, 2.24) is 4.98 Å². The van der Waals surface area contributed by atoms with E-state index >= 15 is 0 Å². The molecular formula is C27H23ClN4O. The number of hydrogen-bond donors (Lipinski definition) is 2. The first-order valence-corrected chi connectivity index (χ1v) is 10.9. The van der Waals surface area contributed by atoms with E-state index in [9.17, 15) is 4.79 Å². The van der Waals surface area contributed by atoms with Crippen molar-refractivity contribution in [2.75, 3.05) is 4.90 Å². The highest BCUT2D eigenvalue weighted by Crippen LogP contribution is 2.24. The van der Waals surface area contributed by atoms with E-state index in [-0.39, 0.29) is 12.3 Å². The number of rotatable bonds is 7. The highest BCUT2D eigenvalue weighted by molar-refractivity contribution is 6.30. The highest BCUT2D eigenvalue weighted by atomic mass is 35.5. The normalized spacial score (nSPS) is 11.4. The number of nitrogens with one attached hydrogen (secondary N) is 1. The van der Waals surface area contributed by atoms with Crippen molar-refractivity contribution in [2.24, 2.45) is 5.73 Å². The van der Waals surface area contributed by atoms with E-state index in [1.165, 1.54) is 12.4 Å². The lowest BCUT2D eigenvalue weighted by molar-refractivity contribution is -0.118. The zero-order valence-corrected chi connectivity index (χ0v) is 18.7. The summed E-state index contributed by atoms with van der Waals surface area (Å²) in [5.41, 5.74) is 9.59. The molecule has 0 aliphatic rings. The molecule has 4 rings (SSSR count). The number of hydrogen-bond acceptors (Lipinski definition) is 4. The topological polar surface area (TPSA) is 83.1 Å². The summed E-state index contributed by atoms with van der Waals surface area (Å²) in [7, 11) is 0. The van der Waals surface area contributed by atoms with E-state index in [1.54, 1.807) is 17.3 Å². The number of pyridine rings is 1. The monoisotopic (exact) mass is 454 g/mol. The van der Waals surface area contributed by atoms with Crippen LogP contribution in [-0.4, -0.2) is 17.1 Å². The second kappa shape index (κ2) is 10.1. The second-order valence-corrected chi connectivity index (χ2v) is 8.06. The van der Waals surface area contributed by atoms with Gasteiger partial charge in [-0.25, -0.2) is 0 Å². The molecule has 3 aromatic carbocycles. The van der Waals surface area contributed by atoms with Crippen LogP contribution in [0, 0.1) is 5.41 Å². The molecule has 0 unspecified atom stereocenters. The Morgan fingerprint density at radius 2 is 1.82 bits per heavy atom. The predicted molar refractivity (Wildman–Crippen MR) is 135 cm³/mol. The first-order valence-electron chi connectivity index (χ1n) is 10.5. The highest BCUT2D eigenvalue weighted by Gasteiger charge is 2.18. The summed E-state index contributed by atoms with van der Waals surface area (Å²) >= 11 is 6.19. The number of halogens is 1. The van der Waals surface area contributed by atoms with Crippen molar-refractivity contribution < 1.29 is 4.79 Å². The summed E-state index contributed by atoms with van der Waals surface area (Å²) in [5, 5.41) is 10.1. The third-order valence-electron chi connectivity index (χ3n) is 5.47. The van der Waals surface area contributed by atoms with Crippen LogP contribution in [0.1, 0.15) is 16.7 Å². The molecule has 0 atom stereocenters. The van der Waals surface area contributed by atoms with Gasteiger partial charge in [-0.3, -0.25) is 9.78 Å². The van der Waals surface area contributed by atoms with Gasteiger partial charge in [0.15, 0.2) is 0 Å². The lowest BCUT2D eigenvalue weighted by atomic mass is 10.0. The molecule has 33 heavy (non-hydrogen) atoms. The SMILES string of the molecule is N=CC(=CN)c1ccc(N(Cc2cccc(Cl)c2)C(=O)Cc2cncc3ccccc23)cc1. The molecule has 0 saturated heterocycles. The molecule has 0 bridgehead atoms. The Hall–Kier alpha value is -3.96. The average molecular weight is 455 g/mol. The Labute approximate surface area is 197 Å². The molecule has 3 N–H and O–H groups in total. The molecule has 4 aromatic rings. The summed E-state index contributed by atoms with van der Waals surface area (Å²) in [6.07, 6.45) is 6.37. The van der Waals surface area contributed by atoms with Gasteiger partial charge in [-0.05, 0) is 46.3 Å². The van der Waals surface area contributed by atoms with E-state index in [4.69, 9.17) is 22.7 Å². The third-order valence-corrected chi connectivity index (χ3v) is 5.71. The summed E-state index contributed by atoms with van der Waals surface area (Å²) in [4.78, 5) is 19.6. The average Bonchev–Trinajstić information content (AvgIpc) is 2.84. The molecule has 0 aliphatic carbocycles. The quantitative estimate of drug-likeness (QED) is 0.356. The van der Waals surface area contributed by atoms with Crippen molar-refractivity contribution in [1.29, 1.82) is 5.41 Å². The van der Waals surface area contributed by atoms with E-state index in [2.05, 4.69) is 4.98 Å². The number of fused-ring (bicyclic) bond motifs is 1. The maximum atomic E-state index is 13.6. The van der Waals surface area contributed by atoms with Gasteiger partial charge in [0.25, 0.3) is 0 Å². The van der Waals surface area contributed by atoms with Gasteiger partial charge in [0, 0.05) is 46.5 Å². The van der Waals surface area contributed by atoms with E-state index < -0.39 is 0 Å². The summed E-state index contributed by atoms with van der Waals surface area (Å²) in [6, 6.07) is 22.9. The fourth-order valence-corrected chi connectivity index (χ4v) is 3.99. The Kier molecular flexibility index (Phi) is 6.81. The van der Waals surface area contributed by atoms with E-state index in [0.717, 1.165) is 33.2 Å². The molecule has 1 aromatic heterocycles. The number of amides is 1. The van der Waals surface area contributed by atoms with Gasteiger partial charge in [0.1, 0.15) is 0 Å². The van der Waals surface area contributed by atoms with Gasteiger partial charge in [-0.1, -0.05) is 60.1 Å². The molecule has 1 heterocycles. The number of nitrogens with zero attached hydrogens (tertiary/aromatic N) is 2. The van der Waals surface area contributed by atoms with Crippen LogP contribution >= 0.6 is 11.6 Å². The number of allylic oxidation sites excluding steroid dienone is 1. The molecule has 0 saturated carbocycles. The first-order chi connectivity index (χ1) is 16.1. The zero-order valence-electron chi connectivity index (χ0n) is 17.9. The molecular weight excluding hydrogens is 432 g/mol. The van der Waals surface area contributed by atoms with Gasteiger partial charge < -0.3 is 16.0 Å². The molecule has 0 spiro atoms. The standard InChI is InChI=1S/C27H23ClN4O/c28-24-6-3-4-19(12-24)18-32(25-10-8-20(9-11-25)23(14-29)15-30)27(33)13-22-17-31-16-21-5-1-2-7-26(21)22/h1-12,14-17,29H,13,18,30H2. The van der Waals surface area contributed by atoms with Gasteiger partial charge in [-0.15, -0.1) is 0 Å². The number of aromatic nitrogens is 1. The molecule has 1 amide bonds. The van der Waals surface area contributed by atoms with Crippen molar-refractivity contribution in [3.8, 4) is 0 Å². The number of anilines is 1. The fraction of sp³-hybridized carbons (Fsp3) is 0.0741. The number of nitrogens with two attached hydrogens (primary N) is 1. The van der Waals surface area contributed by atoms with Crippen molar-refractivity contribution in [2.45, 2.75) is 13.0 Å². The number of carbonyl (C=O) groups excluding carboxylic acids is 1. The van der Waals surface area contributed by atoms with Crippen LogP contribution in [0.4, 0.5) is 5.69 Å². The first kappa shape index (κ1) is 22.2. The Balaban J connectivity index is 1.69. The molecule has 5 nitrogen and oxygen atoms in total. The summed E-state index contributed by atoms with van der Waals surface area (Å²) in [5.74, 6) is -0.0532. The van der Waals surface area contributed by atoms with Crippen molar-refractivity contribution in [3.63, 3.8) is 0 Å². The molecule has 0 fully saturated rings. The number of carbonyl (C=O) groups is 1. The Morgan fingerprint density at radius 3 is 2.55 bits per heavy atom. The van der Waals surface area contributed by atoms with Crippen molar-refractivity contribution >= 4 is 45.8 Å².